The number of hydrogen-bond acceptors (Lipinski definition) is 3. The summed E-state index contributed by atoms with van der Waals surface area (Å²) in [5.41, 5.74) is 4.14. The van der Waals surface area contributed by atoms with Crippen LogP contribution in [0.4, 0.5) is 0 Å². The minimum absolute atomic E-state index is 0. The van der Waals surface area contributed by atoms with E-state index in [9.17, 15) is 4.79 Å². The number of benzene rings is 1. The second-order valence-corrected chi connectivity index (χ2v) is 6.92. The number of hydrogen-bond donors (Lipinski definition) is 1. The van der Waals surface area contributed by atoms with Crippen molar-refractivity contribution >= 4 is 18.3 Å². The van der Waals surface area contributed by atoms with E-state index in [4.69, 9.17) is 0 Å². The lowest BCUT2D eigenvalue weighted by atomic mass is 9.99. The molecule has 1 unspecified atom stereocenters. The van der Waals surface area contributed by atoms with E-state index in [-0.39, 0.29) is 12.4 Å². The molecule has 0 saturated carbocycles. The van der Waals surface area contributed by atoms with Crippen LogP contribution in [-0.4, -0.2) is 55.0 Å². The van der Waals surface area contributed by atoms with Crippen LogP contribution >= 0.6 is 12.4 Å². The first-order valence-corrected chi connectivity index (χ1v) is 8.95. The first-order chi connectivity index (χ1) is 11.1. The fourth-order valence-corrected chi connectivity index (χ4v) is 3.75. The molecule has 2 saturated heterocycles. The predicted molar refractivity (Wildman–Crippen MR) is 101 cm³/mol. The fraction of sp³-hybridized carbons (Fsp3) is 0.632. The Morgan fingerprint density at radius 3 is 2.62 bits per heavy atom. The topological polar surface area (TPSA) is 35.6 Å². The molecule has 1 N–H and O–H groups in total. The molecule has 2 aliphatic heterocycles. The Balaban J connectivity index is 0.00000208. The van der Waals surface area contributed by atoms with Crippen LogP contribution < -0.4 is 5.32 Å². The third-order valence-electron chi connectivity index (χ3n) is 5.36. The molecular weight excluding hydrogens is 322 g/mol. The molecule has 4 nitrogen and oxygen atoms in total. The molecule has 1 atom stereocenters. The summed E-state index contributed by atoms with van der Waals surface area (Å²) in [4.78, 5) is 16.9. The largest absolute Gasteiger partial charge is 0.340 e. The van der Waals surface area contributed by atoms with Crippen LogP contribution in [0.3, 0.4) is 0 Å². The molecular formula is C19H30ClN3O. The van der Waals surface area contributed by atoms with E-state index in [1.807, 2.05) is 4.90 Å². The molecule has 0 aliphatic carbocycles. The summed E-state index contributed by atoms with van der Waals surface area (Å²) in [6.45, 7) is 9.94. The van der Waals surface area contributed by atoms with E-state index in [0.717, 1.165) is 39.3 Å². The van der Waals surface area contributed by atoms with Gasteiger partial charge in [0.05, 0.1) is 0 Å². The quantitative estimate of drug-likeness (QED) is 0.905. The Bertz CT molecular complexity index is 558. The zero-order valence-corrected chi connectivity index (χ0v) is 15.7. The van der Waals surface area contributed by atoms with Gasteiger partial charge in [-0.2, -0.15) is 0 Å². The number of rotatable bonds is 4. The lowest BCUT2D eigenvalue weighted by molar-refractivity contribution is -0.132. The van der Waals surface area contributed by atoms with Crippen LogP contribution in [0.2, 0.25) is 0 Å². The van der Waals surface area contributed by atoms with Gasteiger partial charge in [-0.1, -0.05) is 18.2 Å². The number of amides is 1. The van der Waals surface area contributed by atoms with Gasteiger partial charge in [0.15, 0.2) is 0 Å². The molecule has 0 bridgehead atoms. The zero-order chi connectivity index (χ0) is 16.2. The number of carbonyl (C=O) groups is 1. The maximum atomic E-state index is 12.4. The number of halogens is 1. The third-order valence-corrected chi connectivity index (χ3v) is 5.36. The molecule has 2 aliphatic rings. The van der Waals surface area contributed by atoms with Gasteiger partial charge in [-0.15, -0.1) is 12.4 Å². The average Bonchev–Trinajstić information content (AvgIpc) is 3.04. The van der Waals surface area contributed by atoms with Gasteiger partial charge in [0.25, 0.3) is 0 Å². The van der Waals surface area contributed by atoms with Gasteiger partial charge in [-0.25, -0.2) is 0 Å². The lowest BCUT2D eigenvalue weighted by Crippen LogP contribution is -2.47. The second-order valence-electron chi connectivity index (χ2n) is 6.92. The molecule has 5 heteroatoms. The molecule has 0 radical (unpaired) electrons. The number of likely N-dealkylation sites (tertiary alicyclic amines) is 1. The molecule has 0 spiro atoms. The summed E-state index contributed by atoms with van der Waals surface area (Å²) in [6.07, 6.45) is 3.10. The Labute approximate surface area is 152 Å². The summed E-state index contributed by atoms with van der Waals surface area (Å²) in [7, 11) is 0. The molecule has 0 aromatic heterocycles. The number of nitrogens with zero attached hydrogens (tertiary/aromatic N) is 2. The number of aryl methyl sites for hydroxylation is 2. The van der Waals surface area contributed by atoms with Gasteiger partial charge < -0.3 is 10.2 Å². The van der Waals surface area contributed by atoms with Crippen molar-refractivity contribution in [3.63, 3.8) is 0 Å². The van der Waals surface area contributed by atoms with E-state index in [1.165, 1.54) is 29.5 Å². The molecule has 1 aromatic rings. The van der Waals surface area contributed by atoms with E-state index >= 15 is 0 Å². The van der Waals surface area contributed by atoms with Crippen molar-refractivity contribution in [3.8, 4) is 0 Å². The Kier molecular flexibility index (Phi) is 7.08. The number of piperazine rings is 1. The van der Waals surface area contributed by atoms with E-state index in [2.05, 4.69) is 42.3 Å². The third kappa shape index (κ3) is 4.50. The second kappa shape index (κ2) is 8.84. The van der Waals surface area contributed by atoms with Crippen molar-refractivity contribution in [2.24, 2.45) is 0 Å². The van der Waals surface area contributed by atoms with Crippen molar-refractivity contribution in [1.29, 1.82) is 0 Å². The SMILES string of the molecule is Cc1ccc(C2CCCN2CCC(=O)N2CCNCC2)cc1C.Cl. The summed E-state index contributed by atoms with van der Waals surface area (Å²) in [6, 6.07) is 7.32. The highest BCUT2D eigenvalue weighted by atomic mass is 35.5. The summed E-state index contributed by atoms with van der Waals surface area (Å²) in [5.74, 6) is 0.317. The van der Waals surface area contributed by atoms with Crippen molar-refractivity contribution in [2.45, 2.75) is 39.2 Å². The highest BCUT2D eigenvalue weighted by Crippen LogP contribution is 2.32. The minimum Gasteiger partial charge on any atom is -0.340 e. The first-order valence-electron chi connectivity index (χ1n) is 8.95. The van der Waals surface area contributed by atoms with Crippen molar-refractivity contribution in [3.05, 3.63) is 34.9 Å². The molecule has 2 fully saturated rings. The average molecular weight is 352 g/mol. The van der Waals surface area contributed by atoms with Gasteiger partial charge in [-0.3, -0.25) is 9.69 Å². The van der Waals surface area contributed by atoms with Crippen LogP contribution in [0, 0.1) is 13.8 Å². The van der Waals surface area contributed by atoms with Gasteiger partial charge in [-0.05, 0) is 49.9 Å². The monoisotopic (exact) mass is 351 g/mol. The predicted octanol–water partition coefficient (Wildman–Crippen LogP) is 2.68. The van der Waals surface area contributed by atoms with Crippen LogP contribution in [0.15, 0.2) is 18.2 Å². The maximum Gasteiger partial charge on any atom is 0.223 e. The van der Waals surface area contributed by atoms with Crippen LogP contribution in [0.1, 0.15) is 42.0 Å². The molecule has 24 heavy (non-hydrogen) atoms. The Hall–Kier alpha value is -1.10. The molecule has 1 amide bonds. The smallest absolute Gasteiger partial charge is 0.223 e. The maximum absolute atomic E-state index is 12.4. The Morgan fingerprint density at radius 2 is 1.92 bits per heavy atom. The van der Waals surface area contributed by atoms with Gasteiger partial charge >= 0.3 is 0 Å². The molecule has 3 rings (SSSR count). The zero-order valence-electron chi connectivity index (χ0n) is 14.9. The van der Waals surface area contributed by atoms with Gasteiger partial charge in [0, 0.05) is 45.2 Å². The van der Waals surface area contributed by atoms with Gasteiger partial charge in [0.1, 0.15) is 0 Å². The minimum atomic E-state index is 0. The number of carbonyl (C=O) groups excluding carboxylic acids is 1. The van der Waals surface area contributed by atoms with E-state index in [1.54, 1.807) is 0 Å². The summed E-state index contributed by atoms with van der Waals surface area (Å²) >= 11 is 0. The first kappa shape index (κ1) is 19.2. The van der Waals surface area contributed by atoms with Crippen molar-refractivity contribution in [2.75, 3.05) is 39.3 Å². The molecule has 134 valence electrons. The normalized spacial score (nSPS) is 21.6. The van der Waals surface area contributed by atoms with Gasteiger partial charge in [0.2, 0.25) is 5.91 Å². The van der Waals surface area contributed by atoms with Crippen LogP contribution in [0.25, 0.3) is 0 Å². The molecule has 1 aromatic carbocycles. The summed E-state index contributed by atoms with van der Waals surface area (Å²) in [5, 5.41) is 3.30. The van der Waals surface area contributed by atoms with Crippen LogP contribution in [0.5, 0.6) is 0 Å². The van der Waals surface area contributed by atoms with Crippen LogP contribution in [-0.2, 0) is 4.79 Å². The highest BCUT2D eigenvalue weighted by Gasteiger charge is 2.27. The Morgan fingerprint density at radius 1 is 1.17 bits per heavy atom. The van der Waals surface area contributed by atoms with Crippen molar-refractivity contribution < 1.29 is 4.79 Å². The number of nitrogens with one attached hydrogen (secondary N) is 1. The molecule has 2 heterocycles. The summed E-state index contributed by atoms with van der Waals surface area (Å²) < 4.78 is 0. The fourth-order valence-electron chi connectivity index (χ4n) is 3.75. The van der Waals surface area contributed by atoms with Crippen molar-refractivity contribution in [1.82, 2.24) is 15.1 Å². The standard InChI is InChI=1S/C19H29N3O.ClH/c1-15-5-6-17(14-16(15)2)18-4-3-10-21(18)11-7-19(23)22-12-8-20-9-13-22;/h5-6,14,18,20H,3-4,7-13H2,1-2H3;1H. The van der Waals surface area contributed by atoms with E-state index in [0.29, 0.717) is 18.4 Å². The lowest BCUT2D eigenvalue weighted by Gasteiger charge is -2.29. The van der Waals surface area contributed by atoms with E-state index < -0.39 is 0 Å². The highest BCUT2D eigenvalue weighted by molar-refractivity contribution is 5.85.